The standard InChI is InChI=1S/C9H15N3S/c1-7(11-9-5-13-6-9)8-3-10-12(2)4-8/h3-4,7,9,11H,5-6H2,1-2H3. The molecule has 0 spiro atoms. The molecule has 1 aliphatic heterocycles. The zero-order chi connectivity index (χ0) is 9.26. The summed E-state index contributed by atoms with van der Waals surface area (Å²) < 4.78 is 1.85. The molecule has 3 nitrogen and oxygen atoms in total. The maximum absolute atomic E-state index is 4.16. The Bertz CT molecular complexity index is 280. The molecule has 0 bridgehead atoms. The summed E-state index contributed by atoms with van der Waals surface area (Å²) >= 11 is 2.00. The Balaban J connectivity index is 1.92. The van der Waals surface area contributed by atoms with Crippen molar-refractivity contribution in [1.29, 1.82) is 0 Å². The van der Waals surface area contributed by atoms with Crippen LogP contribution < -0.4 is 5.32 Å². The van der Waals surface area contributed by atoms with Gasteiger partial charge in [0.25, 0.3) is 0 Å². The molecule has 2 heterocycles. The highest BCUT2D eigenvalue weighted by molar-refractivity contribution is 8.00. The highest BCUT2D eigenvalue weighted by Crippen LogP contribution is 2.21. The highest BCUT2D eigenvalue weighted by atomic mass is 32.2. The number of aryl methyl sites for hydroxylation is 1. The van der Waals surface area contributed by atoms with E-state index in [9.17, 15) is 0 Å². The molecule has 4 heteroatoms. The monoisotopic (exact) mass is 197 g/mol. The van der Waals surface area contributed by atoms with Crippen LogP contribution in [0.1, 0.15) is 18.5 Å². The normalized spacial score (nSPS) is 19.8. The maximum Gasteiger partial charge on any atom is 0.0537 e. The summed E-state index contributed by atoms with van der Waals surface area (Å²) in [6.07, 6.45) is 4.01. The van der Waals surface area contributed by atoms with Crippen molar-refractivity contribution in [1.82, 2.24) is 15.1 Å². The first-order chi connectivity index (χ1) is 6.25. The Morgan fingerprint density at radius 3 is 2.92 bits per heavy atom. The van der Waals surface area contributed by atoms with Crippen LogP contribution in [0.3, 0.4) is 0 Å². The molecule has 0 saturated carbocycles. The van der Waals surface area contributed by atoms with E-state index in [2.05, 4.69) is 23.5 Å². The SMILES string of the molecule is CC(NC1CSC1)c1cnn(C)c1. The molecule has 1 aliphatic rings. The number of thioether (sulfide) groups is 1. The van der Waals surface area contributed by atoms with Gasteiger partial charge in [-0.2, -0.15) is 16.9 Å². The second kappa shape index (κ2) is 3.72. The van der Waals surface area contributed by atoms with Crippen molar-refractivity contribution in [2.24, 2.45) is 7.05 Å². The van der Waals surface area contributed by atoms with E-state index in [-0.39, 0.29) is 0 Å². The van der Waals surface area contributed by atoms with Gasteiger partial charge in [-0.15, -0.1) is 0 Å². The molecule has 0 amide bonds. The summed E-state index contributed by atoms with van der Waals surface area (Å²) in [7, 11) is 1.95. The Hall–Kier alpha value is -0.480. The molecule has 2 rings (SSSR count). The largest absolute Gasteiger partial charge is 0.306 e. The lowest BCUT2D eigenvalue weighted by Gasteiger charge is -2.29. The molecule has 1 aromatic heterocycles. The number of nitrogens with zero attached hydrogens (tertiary/aromatic N) is 2. The third kappa shape index (κ3) is 2.06. The van der Waals surface area contributed by atoms with E-state index in [0.29, 0.717) is 12.1 Å². The minimum Gasteiger partial charge on any atom is -0.306 e. The van der Waals surface area contributed by atoms with Gasteiger partial charge in [0.2, 0.25) is 0 Å². The maximum atomic E-state index is 4.16. The summed E-state index contributed by atoms with van der Waals surface area (Å²) in [5.41, 5.74) is 1.28. The number of nitrogens with one attached hydrogen (secondary N) is 1. The molecule has 1 unspecified atom stereocenters. The second-order valence-corrected chi connectivity index (χ2v) is 4.64. The molecule has 1 fully saturated rings. The van der Waals surface area contributed by atoms with Crippen molar-refractivity contribution in [3.8, 4) is 0 Å². The Morgan fingerprint density at radius 1 is 1.69 bits per heavy atom. The van der Waals surface area contributed by atoms with Crippen LogP contribution in [0, 0.1) is 0 Å². The fourth-order valence-corrected chi connectivity index (χ4v) is 2.11. The summed E-state index contributed by atoms with van der Waals surface area (Å²) in [6.45, 7) is 2.19. The van der Waals surface area contributed by atoms with Gasteiger partial charge < -0.3 is 5.32 Å². The van der Waals surface area contributed by atoms with Crippen LogP contribution in [-0.2, 0) is 7.05 Å². The van der Waals surface area contributed by atoms with Crippen LogP contribution >= 0.6 is 11.8 Å². The van der Waals surface area contributed by atoms with Gasteiger partial charge in [0.1, 0.15) is 0 Å². The van der Waals surface area contributed by atoms with E-state index < -0.39 is 0 Å². The van der Waals surface area contributed by atoms with Gasteiger partial charge in [0.05, 0.1) is 6.20 Å². The quantitative estimate of drug-likeness (QED) is 0.789. The minimum atomic E-state index is 0.430. The fourth-order valence-electron chi connectivity index (χ4n) is 1.45. The van der Waals surface area contributed by atoms with Crippen LogP contribution in [0.25, 0.3) is 0 Å². The summed E-state index contributed by atoms with van der Waals surface area (Å²) in [5.74, 6) is 2.51. The van der Waals surface area contributed by atoms with Gasteiger partial charge in [0, 0.05) is 42.4 Å². The smallest absolute Gasteiger partial charge is 0.0537 e. The third-order valence-electron chi connectivity index (χ3n) is 2.35. The van der Waals surface area contributed by atoms with E-state index in [1.165, 1.54) is 17.1 Å². The van der Waals surface area contributed by atoms with Crippen molar-refractivity contribution in [3.63, 3.8) is 0 Å². The molecule has 1 N–H and O–H groups in total. The van der Waals surface area contributed by atoms with Gasteiger partial charge in [-0.1, -0.05) is 0 Å². The summed E-state index contributed by atoms with van der Waals surface area (Å²) in [4.78, 5) is 0. The number of aromatic nitrogens is 2. The first-order valence-corrected chi connectivity index (χ1v) is 5.73. The van der Waals surface area contributed by atoms with Crippen molar-refractivity contribution in [3.05, 3.63) is 18.0 Å². The average Bonchev–Trinajstić information content (AvgIpc) is 2.44. The van der Waals surface area contributed by atoms with Gasteiger partial charge >= 0.3 is 0 Å². The second-order valence-electron chi connectivity index (χ2n) is 3.57. The Morgan fingerprint density at radius 2 is 2.46 bits per heavy atom. The molecule has 0 radical (unpaired) electrons. The average molecular weight is 197 g/mol. The van der Waals surface area contributed by atoms with Gasteiger partial charge in [-0.3, -0.25) is 4.68 Å². The van der Waals surface area contributed by atoms with E-state index >= 15 is 0 Å². The summed E-state index contributed by atoms with van der Waals surface area (Å²) in [6, 6.07) is 1.14. The van der Waals surface area contributed by atoms with E-state index in [1.54, 1.807) is 0 Å². The molecule has 0 aromatic carbocycles. The van der Waals surface area contributed by atoms with Crippen LogP contribution in [0.5, 0.6) is 0 Å². The number of rotatable bonds is 3. The molecule has 13 heavy (non-hydrogen) atoms. The Labute approximate surface area is 82.9 Å². The lowest BCUT2D eigenvalue weighted by molar-refractivity contribution is 0.502. The first kappa shape index (κ1) is 9.09. The van der Waals surface area contributed by atoms with Gasteiger partial charge in [-0.25, -0.2) is 0 Å². The summed E-state index contributed by atoms with van der Waals surface area (Å²) in [5, 5.41) is 7.73. The lowest BCUT2D eigenvalue weighted by atomic mass is 10.1. The predicted octanol–water partition coefficient (Wildman–Crippen LogP) is 1.19. The molecular weight excluding hydrogens is 182 g/mol. The molecule has 1 aromatic rings. The zero-order valence-corrected chi connectivity index (χ0v) is 8.84. The van der Waals surface area contributed by atoms with Crippen molar-refractivity contribution in [2.45, 2.75) is 19.0 Å². The highest BCUT2D eigenvalue weighted by Gasteiger charge is 2.20. The third-order valence-corrected chi connectivity index (χ3v) is 3.62. The number of hydrogen-bond donors (Lipinski definition) is 1. The van der Waals surface area contributed by atoms with Crippen LogP contribution in [0.15, 0.2) is 12.4 Å². The van der Waals surface area contributed by atoms with Crippen molar-refractivity contribution < 1.29 is 0 Å². The van der Waals surface area contributed by atoms with E-state index in [4.69, 9.17) is 0 Å². The molecule has 72 valence electrons. The number of hydrogen-bond acceptors (Lipinski definition) is 3. The minimum absolute atomic E-state index is 0.430. The van der Waals surface area contributed by atoms with E-state index in [0.717, 1.165) is 0 Å². The van der Waals surface area contributed by atoms with Crippen molar-refractivity contribution in [2.75, 3.05) is 11.5 Å². The first-order valence-electron chi connectivity index (χ1n) is 4.58. The molecule has 1 saturated heterocycles. The molecular formula is C9H15N3S. The predicted molar refractivity (Wildman–Crippen MR) is 55.9 cm³/mol. The molecule has 1 atom stereocenters. The Kier molecular flexibility index (Phi) is 2.60. The van der Waals surface area contributed by atoms with Crippen molar-refractivity contribution >= 4 is 11.8 Å². The van der Waals surface area contributed by atoms with Crippen LogP contribution in [-0.4, -0.2) is 27.3 Å². The molecule has 0 aliphatic carbocycles. The van der Waals surface area contributed by atoms with Gasteiger partial charge in [-0.05, 0) is 6.92 Å². The van der Waals surface area contributed by atoms with Gasteiger partial charge in [0.15, 0.2) is 0 Å². The fraction of sp³-hybridized carbons (Fsp3) is 0.667. The van der Waals surface area contributed by atoms with Crippen LogP contribution in [0.2, 0.25) is 0 Å². The topological polar surface area (TPSA) is 29.9 Å². The van der Waals surface area contributed by atoms with Crippen LogP contribution in [0.4, 0.5) is 0 Å². The zero-order valence-electron chi connectivity index (χ0n) is 8.03. The van der Waals surface area contributed by atoms with E-state index in [1.807, 2.05) is 29.7 Å². The lowest BCUT2D eigenvalue weighted by Crippen LogP contribution is -2.41.